The minimum Gasteiger partial charge on any atom is -0.457 e. The van der Waals surface area contributed by atoms with Gasteiger partial charge in [-0.15, -0.1) is 0 Å². The fourth-order valence-corrected chi connectivity index (χ4v) is 9.89. The lowest BCUT2D eigenvalue weighted by Gasteiger charge is -2.41. The molecular weight excluding hydrogens is 540 g/mol. The molecule has 0 spiro atoms. The lowest BCUT2D eigenvalue weighted by atomic mass is 9.99. The van der Waals surface area contributed by atoms with Gasteiger partial charge in [0.1, 0.15) is 28.3 Å². The van der Waals surface area contributed by atoms with Gasteiger partial charge in [-0.3, -0.25) is 9.59 Å². The highest BCUT2D eigenvalue weighted by Crippen LogP contribution is 2.76. The Labute approximate surface area is 237 Å². The van der Waals surface area contributed by atoms with Crippen molar-refractivity contribution >= 4 is 32.0 Å². The molecule has 11 heteroatoms. The Kier molecular flexibility index (Phi) is 7.03. The van der Waals surface area contributed by atoms with Crippen LogP contribution in [0.2, 0.25) is 0 Å². The maximum Gasteiger partial charge on any atom is 0.345 e. The molecule has 2 aliphatic heterocycles. The van der Waals surface area contributed by atoms with Crippen molar-refractivity contribution in [3.63, 3.8) is 0 Å². The summed E-state index contributed by atoms with van der Waals surface area (Å²) in [6, 6.07) is 18.4. The summed E-state index contributed by atoms with van der Waals surface area (Å²) >= 11 is 0. The van der Waals surface area contributed by atoms with Crippen molar-refractivity contribution in [3.8, 4) is 17.6 Å². The lowest BCUT2D eigenvalue weighted by Crippen LogP contribution is -2.43. The molecule has 1 fully saturated rings. The number of hydrogen-bond acceptors (Lipinski definition) is 8. The first kappa shape index (κ1) is 26.7. The number of nitrogens with zero attached hydrogens (tertiary/aromatic N) is 3. The van der Waals surface area contributed by atoms with E-state index in [1.54, 1.807) is 12.1 Å². The predicted octanol–water partition coefficient (Wildman–Crippen LogP) is 4.21. The van der Waals surface area contributed by atoms with Gasteiger partial charge in [-0.1, -0.05) is 28.2 Å². The summed E-state index contributed by atoms with van der Waals surface area (Å²) in [6.07, 6.45) is 2.69. The van der Waals surface area contributed by atoms with Crippen molar-refractivity contribution in [3.05, 3.63) is 82.5 Å². The van der Waals surface area contributed by atoms with Crippen LogP contribution in [0.5, 0.6) is 11.5 Å². The molecule has 2 aromatic carbocycles. The number of amides is 1. The first-order valence-electron chi connectivity index (χ1n) is 13.4. The Hall–Kier alpha value is -4.53. The van der Waals surface area contributed by atoms with E-state index in [0.29, 0.717) is 51.0 Å². The van der Waals surface area contributed by atoms with Gasteiger partial charge in [-0.2, -0.15) is 10.2 Å². The van der Waals surface area contributed by atoms with Crippen molar-refractivity contribution in [1.82, 2.24) is 25.6 Å². The summed E-state index contributed by atoms with van der Waals surface area (Å²) in [5.41, 5.74) is 0.924. The number of nitrogens with one attached hydrogen (secondary N) is 3. The molecule has 208 valence electrons. The number of carbonyl (C=O) groups excluding carboxylic acids is 2. The molecule has 10 nitrogen and oxygen atoms in total. The van der Waals surface area contributed by atoms with Crippen LogP contribution in [0.25, 0.3) is 10.9 Å². The number of carbonyl (C=O) groups is 2. The lowest BCUT2D eigenvalue weighted by molar-refractivity contribution is -0.125. The molecule has 3 unspecified atom stereocenters. The van der Waals surface area contributed by atoms with E-state index in [9.17, 15) is 19.6 Å². The molecule has 4 heterocycles. The topological polar surface area (TPSA) is 150 Å². The van der Waals surface area contributed by atoms with Crippen LogP contribution in [0.4, 0.5) is 0 Å². The number of aryl methyl sites for hydroxylation is 1. The molecule has 2 aliphatic rings. The molecule has 2 aromatic heterocycles. The molecule has 41 heavy (non-hydrogen) atoms. The van der Waals surface area contributed by atoms with E-state index < -0.39 is 27.5 Å². The Morgan fingerprint density at radius 1 is 1.17 bits per heavy atom. The number of aromatic amines is 1. The molecular formula is C30H28N6O4S. The summed E-state index contributed by atoms with van der Waals surface area (Å²) < 4.78 is 6.05. The zero-order valence-electron chi connectivity index (χ0n) is 22.3. The van der Waals surface area contributed by atoms with Crippen LogP contribution in [-0.2, 0) is 9.59 Å². The van der Waals surface area contributed by atoms with E-state index in [1.165, 1.54) is 6.20 Å². The fourth-order valence-electron chi connectivity index (χ4n) is 5.75. The molecule has 1 saturated heterocycles. The van der Waals surface area contributed by atoms with Gasteiger partial charge in [0, 0.05) is 17.6 Å². The quantitative estimate of drug-likeness (QED) is 0.313. The van der Waals surface area contributed by atoms with Crippen LogP contribution in [0, 0.1) is 24.2 Å². The van der Waals surface area contributed by atoms with E-state index in [-0.39, 0.29) is 16.9 Å². The molecule has 0 radical (unpaired) electrons. The molecule has 0 saturated carbocycles. The largest absolute Gasteiger partial charge is 0.457 e. The van der Waals surface area contributed by atoms with Crippen LogP contribution in [-0.4, -0.2) is 39.1 Å². The van der Waals surface area contributed by atoms with E-state index in [2.05, 4.69) is 20.6 Å². The van der Waals surface area contributed by atoms with Crippen molar-refractivity contribution in [2.24, 2.45) is 5.92 Å². The van der Waals surface area contributed by atoms with Gasteiger partial charge >= 0.3 is 5.69 Å². The third kappa shape index (κ3) is 4.55. The third-order valence-corrected chi connectivity index (χ3v) is 11.5. The number of piperidine rings is 1. The Morgan fingerprint density at radius 2 is 2.00 bits per heavy atom. The number of hydrogen-bond donors (Lipinski definition) is 3. The number of ether oxygens (including phenoxy) is 1. The average Bonchev–Trinajstić information content (AvgIpc) is 3.25. The highest BCUT2D eigenvalue weighted by Gasteiger charge is 2.53. The molecule has 3 atom stereocenters. The van der Waals surface area contributed by atoms with Gasteiger partial charge < -0.3 is 20.4 Å². The molecule has 3 N–H and O–H groups in total. The maximum absolute atomic E-state index is 14.3. The summed E-state index contributed by atoms with van der Waals surface area (Å²) in [5.74, 6) is 0.724. The molecule has 6 rings (SSSR count). The zero-order valence-corrected chi connectivity index (χ0v) is 23.2. The summed E-state index contributed by atoms with van der Waals surface area (Å²) in [5, 5.41) is 15.8. The van der Waals surface area contributed by atoms with Gasteiger partial charge in [0.05, 0.1) is 28.6 Å². The highest BCUT2D eigenvalue weighted by molar-refractivity contribution is 8.45. The normalized spacial score (nSPS) is 22.8. The number of H-pyrrole nitrogens is 1. The smallest absolute Gasteiger partial charge is 0.345 e. The summed E-state index contributed by atoms with van der Waals surface area (Å²) in [4.78, 5) is 53.0. The zero-order chi connectivity index (χ0) is 28.6. The minimum absolute atomic E-state index is 0.218. The molecule has 0 bridgehead atoms. The minimum atomic E-state index is -2.89. The standard InChI is InChI=1S/C30H28N6O4S/c1-18-16-21(40-20-7-3-2-4-8-20)9-10-23(18)41(24(37)11-13-31)28-25-22(12-15-33-28)34-30(39)35-26(25)29(41)36-27(38)19-6-5-14-32-17-19/h2-4,7-10,12,15-16,19,29,32H,5-6,11,14,17H2,1H3,(H,36,38)(H,34,35,39). The van der Waals surface area contributed by atoms with Crippen LogP contribution in [0.3, 0.4) is 0 Å². The van der Waals surface area contributed by atoms with Crippen molar-refractivity contribution < 1.29 is 14.3 Å². The van der Waals surface area contributed by atoms with Gasteiger partial charge in [0.2, 0.25) is 5.91 Å². The van der Waals surface area contributed by atoms with Crippen LogP contribution >= 0.6 is 10.0 Å². The number of benzene rings is 2. The second-order valence-electron chi connectivity index (χ2n) is 10.1. The van der Waals surface area contributed by atoms with Crippen LogP contribution < -0.4 is 21.1 Å². The summed E-state index contributed by atoms with van der Waals surface area (Å²) in [7, 11) is -2.89. The van der Waals surface area contributed by atoms with Crippen LogP contribution in [0.1, 0.15) is 35.9 Å². The van der Waals surface area contributed by atoms with Crippen molar-refractivity contribution in [2.45, 2.75) is 41.5 Å². The number of aromatic nitrogens is 3. The predicted molar refractivity (Wildman–Crippen MR) is 154 cm³/mol. The second-order valence-corrected chi connectivity index (χ2v) is 13.2. The number of para-hydroxylation sites is 1. The maximum atomic E-state index is 14.3. The van der Waals surface area contributed by atoms with Gasteiger partial charge in [0.15, 0.2) is 5.12 Å². The first-order chi connectivity index (χ1) is 19.9. The van der Waals surface area contributed by atoms with Crippen LogP contribution in [0.15, 0.2) is 75.5 Å². The Balaban J connectivity index is 1.55. The molecule has 1 amide bonds. The number of rotatable bonds is 6. The monoisotopic (exact) mass is 568 g/mol. The highest BCUT2D eigenvalue weighted by atomic mass is 32.3. The van der Waals surface area contributed by atoms with E-state index in [0.717, 1.165) is 18.5 Å². The molecule has 0 aliphatic carbocycles. The molecule has 4 aromatic rings. The Bertz CT molecular complexity index is 1760. The number of nitriles is 1. The van der Waals surface area contributed by atoms with Crippen molar-refractivity contribution in [2.75, 3.05) is 13.1 Å². The van der Waals surface area contributed by atoms with E-state index in [4.69, 9.17) is 9.72 Å². The fraction of sp³-hybridized carbons (Fsp3) is 0.267. The van der Waals surface area contributed by atoms with E-state index in [1.807, 2.05) is 55.5 Å². The first-order valence-corrected chi connectivity index (χ1v) is 15.1. The van der Waals surface area contributed by atoms with Gasteiger partial charge in [-0.25, -0.2) is 9.78 Å². The van der Waals surface area contributed by atoms with E-state index >= 15 is 0 Å². The summed E-state index contributed by atoms with van der Waals surface area (Å²) in [6.45, 7) is 3.23. The average molecular weight is 569 g/mol. The van der Waals surface area contributed by atoms with Gasteiger partial charge in [-0.05, 0) is 68.3 Å². The third-order valence-electron chi connectivity index (χ3n) is 7.54. The SMILES string of the molecule is Cc1cc(Oc2ccccc2)ccc1S1(C(=O)CC#N)c2nccc3nc(=O)[nH]c(c23)C1NC(=O)C1CCCNC1. The van der Waals surface area contributed by atoms with Gasteiger partial charge in [0.25, 0.3) is 0 Å². The number of pyridine rings is 1. The van der Waals surface area contributed by atoms with Crippen molar-refractivity contribution in [1.29, 1.82) is 5.26 Å². The Morgan fingerprint density at radius 3 is 2.73 bits per heavy atom. The second kappa shape index (κ2) is 10.8.